The van der Waals surface area contributed by atoms with E-state index in [4.69, 9.17) is 17.0 Å². The van der Waals surface area contributed by atoms with Crippen molar-refractivity contribution in [2.45, 2.75) is 0 Å². The Bertz CT molecular complexity index is 485. The molecule has 4 nitrogen and oxygen atoms in total. The van der Waals surface area contributed by atoms with E-state index in [9.17, 15) is 9.18 Å². The van der Waals surface area contributed by atoms with Crippen LogP contribution >= 0.6 is 12.2 Å². The highest BCUT2D eigenvalue weighted by Crippen LogP contribution is 2.09. The van der Waals surface area contributed by atoms with Crippen LogP contribution in [0.15, 0.2) is 36.0 Å². The van der Waals surface area contributed by atoms with Crippen LogP contribution in [0.4, 0.5) is 10.1 Å². The molecule has 0 radical (unpaired) electrons. The number of thiocarbonyl (C=S) groups is 1. The van der Waals surface area contributed by atoms with E-state index in [1.54, 1.807) is 12.1 Å². The number of nitrogens with one attached hydrogen (secondary N) is 2. The lowest BCUT2D eigenvalue weighted by molar-refractivity contribution is -0.134. The average Bonchev–Trinajstić information content (AvgIpc) is 2.67. The summed E-state index contributed by atoms with van der Waals surface area (Å²) in [5.74, 6) is -0.705. The van der Waals surface area contributed by atoms with Gasteiger partial charge in [-0.15, -0.1) is 0 Å². The Kier molecular flexibility index (Phi) is 3.34. The first-order valence-corrected chi connectivity index (χ1v) is 5.25. The number of rotatable bonds is 2. The summed E-state index contributed by atoms with van der Waals surface area (Å²) >= 11 is 5.02. The molecular formula is C11H9FN2O2S. The number of esters is 1. The second-order valence-corrected chi connectivity index (χ2v) is 3.77. The molecule has 0 aromatic heterocycles. The van der Waals surface area contributed by atoms with Crippen molar-refractivity contribution >= 4 is 29.0 Å². The third-order valence-corrected chi connectivity index (χ3v) is 2.24. The maximum Gasteiger partial charge on any atom is 0.333 e. The van der Waals surface area contributed by atoms with Gasteiger partial charge in [-0.1, -0.05) is 0 Å². The Balaban J connectivity index is 1.91. The highest BCUT2D eigenvalue weighted by molar-refractivity contribution is 7.80. The molecule has 0 saturated carbocycles. The van der Waals surface area contributed by atoms with Crippen LogP contribution in [0.3, 0.4) is 0 Å². The maximum absolute atomic E-state index is 12.7. The molecule has 0 bridgehead atoms. The van der Waals surface area contributed by atoms with Crippen LogP contribution in [0.1, 0.15) is 0 Å². The number of ether oxygens (including phenoxy) is 1. The van der Waals surface area contributed by atoms with Crippen molar-refractivity contribution < 1.29 is 13.9 Å². The van der Waals surface area contributed by atoms with Gasteiger partial charge in [-0.3, -0.25) is 0 Å². The molecule has 1 aromatic rings. The van der Waals surface area contributed by atoms with Gasteiger partial charge in [-0.05, 0) is 36.5 Å². The Morgan fingerprint density at radius 2 is 2.00 bits per heavy atom. The van der Waals surface area contributed by atoms with Gasteiger partial charge < -0.3 is 15.4 Å². The third kappa shape index (κ3) is 3.25. The summed E-state index contributed by atoms with van der Waals surface area (Å²) in [6.45, 7) is 0.185. The van der Waals surface area contributed by atoms with E-state index in [1.807, 2.05) is 0 Å². The molecule has 0 spiro atoms. The average molecular weight is 252 g/mol. The summed E-state index contributed by atoms with van der Waals surface area (Å²) < 4.78 is 17.4. The first kappa shape index (κ1) is 11.5. The summed E-state index contributed by atoms with van der Waals surface area (Å²) in [5, 5.41) is 5.99. The Morgan fingerprint density at radius 1 is 1.29 bits per heavy atom. The predicted molar refractivity (Wildman–Crippen MR) is 64.8 cm³/mol. The fourth-order valence-electron chi connectivity index (χ4n) is 1.29. The topological polar surface area (TPSA) is 50.4 Å². The summed E-state index contributed by atoms with van der Waals surface area (Å²) in [6.07, 6.45) is 1.33. The molecule has 0 unspecified atom stereocenters. The van der Waals surface area contributed by atoms with Gasteiger partial charge in [-0.2, -0.15) is 0 Å². The van der Waals surface area contributed by atoms with E-state index in [-0.39, 0.29) is 12.4 Å². The van der Waals surface area contributed by atoms with E-state index in [1.165, 1.54) is 18.2 Å². The number of halogens is 1. The highest BCUT2D eigenvalue weighted by atomic mass is 32.1. The molecule has 6 heteroatoms. The molecular weight excluding hydrogens is 243 g/mol. The number of cyclic esters (lactones) is 1. The molecule has 2 N–H and O–H groups in total. The van der Waals surface area contributed by atoms with Gasteiger partial charge in [0.15, 0.2) is 5.11 Å². The minimum Gasteiger partial charge on any atom is -0.456 e. The molecule has 0 aliphatic carbocycles. The van der Waals surface area contributed by atoms with Crippen LogP contribution in [0, 0.1) is 5.82 Å². The number of carbonyl (C=O) groups excluding carboxylic acids is 1. The smallest absolute Gasteiger partial charge is 0.333 e. The summed E-state index contributed by atoms with van der Waals surface area (Å²) in [4.78, 5) is 10.8. The number of hydrogen-bond donors (Lipinski definition) is 2. The third-order valence-electron chi connectivity index (χ3n) is 2.04. The van der Waals surface area contributed by atoms with E-state index in [0.717, 1.165) is 0 Å². The van der Waals surface area contributed by atoms with Gasteiger partial charge >= 0.3 is 5.97 Å². The van der Waals surface area contributed by atoms with Crippen LogP contribution < -0.4 is 10.6 Å². The minimum atomic E-state index is -0.392. The number of anilines is 1. The molecule has 2 rings (SSSR count). The zero-order chi connectivity index (χ0) is 12.3. The van der Waals surface area contributed by atoms with Crippen molar-refractivity contribution in [3.63, 3.8) is 0 Å². The molecule has 88 valence electrons. The van der Waals surface area contributed by atoms with Crippen molar-refractivity contribution in [2.75, 3.05) is 11.9 Å². The van der Waals surface area contributed by atoms with Crippen molar-refractivity contribution in [2.24, 2.45) is 0 Å². The molecule has 1 heterocycles. The van der Waals surface area contributed by atoms with E-state index >= 15 is 0 Å². The number of hydrogen-bond acceptors (Lipinski definition) is 3. The first-order chi connectivity index (χ1) is 8.13. The van der Waals surface area contributed by atoms with Crippen molar-refractivity contribution in [3.8, 4) is 0 Å². The van der Waals surface area contributed by atoms with Gasteiger partial charge in [0, 0.05) is 11.8 Å². The first-order valence-electron chi connectivity index (χ1n) is 4.84. The molecule has 0 amide bonds. The lowest BCUT2D eigenvalue weighted by Crippen LogP contribution is -2.28. The summed E-state index contributed by atoms with van der Waals surface area (Å²) in [5.41, 5.74) is 1.25. The van der Waals surface area contributed by atoms with Gasteiger partial charge in [0.2, 0.25) is 0 Å². The van der Waals surface area contributed by atoms with Gasteiger partial charge in [0.25, 0.3) is 0 Å². The molecule has 17 heavy (non-hydrogen) atoms. The standard InChI is InChI=1S/C11H9FN2O2S/c12-7-1-3-8(4-2-7)13-11(17)14-9-5-10(15)16-6-9/h1-5H,6H2,(H2,13,14,17). The Labute approximate surface area is 102 Å². The largest absolute Gasteiger partial charge is 0.456 e. The zero-order valence-electron chi connectivity index (χ0n) is 8.70. The number of benzene rings is 1. The normalized spacial score (nSPS) is 13.9. The van der Waals surface area contributed by atoms with E-state index in [0.29, 0.717) is 16.5 Å². The van der Waals surface area contributed by atoms with E-state index < -0.39 is 5.97 Å². The molecule has 0 atom stereocenters. The van der Waals surface area contributed by atoms with Crippen LogP contribution in [0.5, 0.6) is 0 Å². The lowest BCUT2D eigenvalue weighted by Gasteiger charge is -2.09. The van der Waals surface area contributed by atoms with Gasteiger partial charge in [0.05, 0.1) is 5.70 Å². The molecule has 0 fully saturated rings. The monoisotopic (exact) mass is 252 g/mol. The van der Waals surface area contributed by atoms with Crippen LogP contribution in [-0.4, -0.2) is 17.7 Å². The number of carbonyl (C=O) groups is 1. The van der Waals surface area contributed by atoms with E-state index in [2.05, 4.69) is 10.6 Å². The second-order valence-electron chi connectivity index (χ2n) is 3.36. The lowest BCUT2D eigenvalue weighted by atomic mass is 10.3. The Morgan fingerprint density at radius 3 is 2.59 bits per heavy atom. The zero-order valence-corrected chi connectivity index (χ0v) is 9.51. The minimum absolute atomic E-state index is 0.185. The van der Waals surface area contributed by atoms with Gasteiger partial charge in [0.1, 0.15) is 12.4 Å². The summed E-state index contributed by atoms with van der Waals surface area (Å²) in [7, 11) is 0. The van der Waals surface area contributed by atoms with Gasteiger partial charge in [-0.25, -0.2) is 9.18 Å². The molecule has 1 aliphatic rings. The maximum atomic E-state index is 12.7. The fraction of sp³-hybridized carbons (Fsp3) is 0.0909. The van der Waals surface area contributed by atoms with Crippen LogP contribution in [-0.2, 0) is 9.53 Å². The van der Waals surface area contributed by atoms with Crippen LogP contribution in [0.2, 0.25) is 0 Å². The van der Waals surface area contributed by atoms with Crippen molar-refractivity contribution in [3.05, 3.63) is 41.9 Å². The summed E-state index contributed by atoms with van der Waals surface area (Å²) in [6, 6.07) is 5.78. The fourth-order valence-corrected chi connectivity index (χ4v) is 1.54. The quantitative estimate of drug-likeness (QED) is 0.618. The molecule has 1 aliphatic heterocycles. The Hall–Kier alpha value is -1.95. The molecule has 1 aromatic carbocycles. The highest BCUT2D eigenvalue weighted by Gasteiger charge is 2.13. The predicted octanol–water partition coefficient (Wildman–Crippen LogP) is 1.55. The van der Waals surface area contributed by atoms with Crippen LogP contribution in [0.25, 0.3) is 0 Å². The second kappa shape index (κ2) is 4.92. The van der Waals surface area contributed by atoms with Crippen molar-refractivity contribution in [1.29, 1.82) is 0 Å². The van der Waals surface area contributed by atoms with Crippen molar-refractivity contribution in [1.82, 2.24) is 5.32 Å². The molecule has 0 saturated heterocycles. The SMILES string of the molecule is O=C1C=C(NC(=S)Nc2ccc(F)cc2)CO1.